The Morgan fingerprint density at radius 3 is 3.00 bits per heavy atom. The second-order valence-corrected chi connectivity index (χ2v) is 6.92. The second kappa shape index (κ2) is 8.12. The number of morpholine rings is 1. The average Bonchev–Trinajstić information content (AvgIpc) is 3.38. The van der Waals surface area contributed by atoms with Crippen molar-refractivity contribution >= 4 is 0 Å². The van der Waals surface area contributed by atoms with E-state index in [1.54, 1.807) is 7.11 Å². The van der Waals surface area contributed by atoms with Gasteiger partial charge >= 0.3 is 0 Å². The summed E-state index contributed by atoms with van der Waals surface area (Å²) in [6.45, 7) is 7.78. The van der Waals surface area contributed by atoms with E-state index in [1.165, 1.54) is 0 Å². The number of methoxy groups -OCH3 is 1. The predicted molar refractivity (Wildman–Crippen MR) is 103 cm³/mol. The minimum absolute atomic E-state index is 0.0119. The van der Waals surface area contributed by atoms with Crippen LogP contribution in [0, 0.1) is 6.92 Å². The summed E-state index contributed by atoms with van der Waals surface area (Å²) in [6.07, 6.45) is 3.94. The van der Waals surface area contributed by atoms with Gasteiger partial charge in [0.25, 0.3) is 0 Å². The van der Waals surface area contributed by atoms with E-state index >= 15 is 0 Å². The first-order valence-corrected chi connectivity index (χ1v) is 9.50. The highest BCUT2D eigenvalue weighted by Crippen LogP contribution is 2.26. The molecule has 0 bridgehead atoms. The number of ether oxygens (including phenoxy) is 2. The second-order valence-electron chi connectivity index (χ2n) is 6.92. The largest absolute Gasteiger partial charge is 0.496 e. The molecular formula is C20H25N5O3. The molecule has 8 heteroatoms. The Morgan fingerprint density at radius 2 is 2.21 bits per heavy atom. The monoisotopic (exact) mass is 383 g/mol. The topological polar surface area (TPSA) is 78.4 Å². The van der Waals surface area contributed by atoms with Gasteiger partial charge in [-0.15, -0.1) is 0 Å². The van der Waals surface area contributed by atoms with Crippen LogP contribution in [0.3, 0.4) is 0 Å². The Kier molecular flexibility index (Phi) is 5.40. The number of nitrogens with zero attached hydrogens (tertiary/aromatic N) is 5. The lowest BCUT2D eigenvalue weighted by Crippen LogP contribution is -2.37. The Hall–Kier alpha value is -2.71. The third-order valence-corrected chi connectivity index (χ3v) is 4.99. The van der Waals surface area contributed by atoms with Crippen LogP contribution >= 0.6 is 0 Å². The zero-order valence-electron chi connectivity index (χ0n) is 16.5. The van der Waals surface area contributed by atoms with Crippen molar-refractivity contribution in [3.8, 4) is 17.1 Å². The first kappa shape index (κ1) is 18.6. The highest BCUT2D eigenvalue weighted by molar-refractivity contribution is 5.58. The third-order valence-electron chi connectivity index (χ3n) is 4.99. The quantitative estimate of drug-likeness (QED) is 0.648. The van der Waals surface area contributed by atoms with Crippen molar-refractivity contribution in [1.29, 1.82) is 0 Å². The fourth-order valence-electron chi connectivity index (χ4n) is 3.35. The minimum Gasteiger partial charge on any atom is -0.496 e. The molecule has 0 amide bonds. The Balaban J connectivity index is 1.43. The summed E-state index contributed by atoms with van der Waals surface area (Å²) in [5, 5.41) is 8.48. The maximum atomic E-state index is 5.93. The van der Waals surface area contributed by atoms with Gasteiger partial charge in [0.1, 0.15) is 5.75 Å². The summed E-state index contributed by atoms with van der Waals surface area (Å²) in [6, 6.07) is 5.90. The smallest absolute Gasteiger partial charge is 0.241 e. The lowest BCUT2D eigenvalue weighted by molar-refractivity contribution is -0.0356. The molecule has 3 aromatic rings. The summed E-state index contributed by atoms with van der Waals surface area (Å²) in [7, 11) is 1.66. The molecule has 0 N–H and O–H groups in total. The van der Waals surface area contributed by atoms with E-state index in [0.29, 0.717) is 24.9 Å². The number of rotatable bonds is 6. The van der Waals surface area contributed by atoms with Gasteiger partial charge < -0.3 is 14.0 Å². The number of hydrogen-bond acceptors (Lipinski definition) is 7. The van der Waals surface area contributed by atoms with Crippen LogP contribution in [0.1, 0.15) is 30.0 Å². The van der Waals surface area contributed by atoms with E-state index in [0.717, 1.165) is 42.1 Å². The molecule has 2 aromatic heterocycles. The third kappa shape index (κ3) is 3.93. The molecule has 1 saturated heterocycles. The van der Waals surface area contributed by atoms with E-state index in [2.05, 4.69) is 27.1 Å². The SMILES string of the molecule is CCn1cc(C2CN(Cc3nc(-c4ccc(C)c(OC)c4)no3)CCO2)cn1. The summed E-state index contributed by atoms with van der Waals surface area (Å²) >= 11 is 0. The molecule has 1 atom stereocenters. The van der Waals surface area contributed by atoms with Gasteiger partial charge in [0, 0.05) is 37.0 Å². The highest BCUT2D eigenvalue weighted by atomic mass is 16.5. The van der Waals surface area contributed by atoms with Gasteiger partial charge in [-0.25, -0.2) is 0 Å². The van der Waals surface area contributed by atoms with Crippen LogP contribution in [0.2, 0.25) is 0 Å². The van der Waals surface area contributed by atoms with Gasteiger partial charge in [-0.05, 0) is 25.5 Å². The molecular weight excluding hydrogens is 358 g/mol. The number of aromatic nitrogens is 4. The molecule has 1 unspecified atom stereocenters. The predicted octanol–water partition coefficient (Wildman–Crippen LogP) is 2.84. The fraction of sp³-hybridized carbons (Fsp3) is 0.450. The first-order chi connectivity index (χ1) is 13.7. The lowest BCUT2D eigenvalue weighted by Gasteiger charge is -2.31. The van der Waals surface area contributed by atoms with Crippen LogP contribution in [0.25, 0.3) is 11.4 Å². The summed E-state index contributed by atoms with van der Waals surface area (Å²) in [5.41, 5.74) is 3.05. The molecule has 28 heavy (non-hydrogen) atoms. The van der Waals surface area contributed by atoms with Crippen molar-refractivity contribution in [2.75, 3.05) is 26.8 Å². The van der Waals surface area contributed by atoms with E-state index in [4.69, 9.17) is 14.0 Å². The molecule has 1 fully saturated rings. The standard InChI is InChI=1S/C20H25N5O3/c1-4-25-11-16(10-21-25)18-12-24(7-8-27-18)13-19-22-20(23-28-19)15-6-5-14(2)17(9-15)26-3/h5-6,9-11,18H,4,7-8,12-13H2,1-3H3. The highest BCUT2D eigenvalue weighted by Gasteiger charge is 2.24. The number of hydrogen-bond donors (Lipinski definition) is 0. The van der Waals surface area contributed by atoms with Crippen molar-refractivity contribution in [1.82, 2.24) is 24.8 Å². The maximum absolute atomic E-state index is 5.93. The minimum atomic E-state index is 0.0119. The van der Waals surface area contributed by atoms with Crippen LogP contribution in [-0.4, -0.2) is 51.6 Å². The molecule has 0 radical (unpaired) electrons. The van der Waals surface area contributed by atoms with Crippen LogP contribution in [-0.2, 0) is 17.8 Å². The zero-order valence-corrected chi connectivity index (χ0v) is 16.5. The van der Waals surface area contributed by atoms with Gasteiger partial charge in [-0.3, -0.25) is 9.58 Å². The van der Waals surface area contributed by atoms with Gasteiger partial charge in [-0.1, -0.05) is 17.3 Å². The zero-order chi connectivity index (χ0) is 19.5. The van der Waals surface area contributed by atoms with Gasteiger partial charge in [0.05, 0.1) is 32.6 Å². The molecule has 4 rings (SSSR count). The van der Waals surface area contributed by atoms with Gasteiger partial charge in [0.2, 0.25) is 11.7 Å². The van der Waals surface area contributed by atoms with Crippen molar-refractivity contribution in [2.24, 2.45) is 0 Å². The normalized spacial score (nSPS) is 17.8. The van der Waals surface area contributed by atoms with Crippen LogP contribution in [0.5, 0.6) is 5.75 Å². The van der Waals surface area contributed by atoms with Gasteiger partial charge in [-0.2, -0.15) is 10.1 Å². The molecule has 0 spiro atoms. The molecule has 0 saturated carbocycles. The Labute approximate surface area is 164 Å². The van der Waals surface area contributed by atoms with Crippen molar-refractivity contribution < 1.29 is 14.0 Å². The summed E-state index contributed by atoms with van der Waals surface area (Å²) in [4.78, 5) is 6.83. The van der Waals surface area contributed by atoms with Crippen molar-refractivity contribution in [3.05, 3.63) is 47.6 Å². The van der Waals surface area contributed by atoms with Crippen LogP contribution in [0.15, 0.2) is 35.1 Å². The van der Waals surface area contributed by atoms with E-state index in [9.17, 15) is 0 Å². The maximum Gasteiger partial charge on any atom is 0.241 e. The molecule has 1 aliphatic rings. The Morgan fingerprint density at radius 1 is 1.32 bits per heavy atom. The molecule has 3 heterocycles. The first-order valence-electron chi connectivity index (χ1n) is 9.50. The lowest BCUT2D eigenvalue weighted by atomic mass is 10.1. The van der Waals surface area contributed by atoms with E-state index < -0.39 is 0 Å². The molecule has 8 nitrogen and oxygen atoms in total. The molecule has 1 aliphatic heterocycles. The molecule has 148 valence electrons. The summed E-state index contributed by atoms with van der Waals surface area (Å²) < 4.78 is 18.7. The molecule has 0 aliphatic carbocycles. The molecule has 1 aromatic carbocycles. The van der Waals surface area contributed by atoms with Crippen molar-refractivity contribution in [2.45, 2.75) is 33.0 Å². The van der Waals surface area contributed by atoms with Crippen LogP contribution < -0.4 is 4.74 Å². The average molecular weight is 383 g/mol. The summed E-state index contributed by atoms with van der Waals surface area (Å²) in [5.74, 6) is 1.98. The van der Waals surface area contributed by atoms with Crippen molar-refractivity contribution in [3.63, 3.8) is 0 Å². The van der Waals surface area contributed by atoms with E-state index in [-0.39, 0.29) is 6.10 Å². The Bertz CT molecular complexity index is 936. The fourth-order valence-corrected chi connectivity index (χ4v) is 3.35. The van der Waals surface area contributed by atoms with Gasteiger partial charge in [0.15, 0.2) is 0 Å². The number of benzene rings is 1. The van der Waals surface area contributed by atoms with E-state index in [1.807, 2.05) is 42.2 Å². The van der Waals surface area contributed by atoms with Crippen LogP contribution in [0.4, 0.5) is 0 Å². The number of aryl methyl sites for hydroxylation is 2.